The highest BCUT2D eigenvalue weighted by atomic mass is 32.7. The first-order valence-corrected chi connectivity index (χ1v) is 7.35. The second-order valence-electron chi connectivity index (χ2n) is 2.97. The third-order valence-electron chi connectivity index (χ3n) is 1.97. The maximum Gasteiger partial charge on any atom is 0.232 e. The van der Waals surface area contributed by atoms with Gasteiger partial charge in [0, 0.05) is 5.75 Å². The Hall–Kier alpha value is 0.700. The van der Waals surface area contributed by atoms with Crippen molar-refractivity contribution < 1.29 is 9.79 Å². The fourth-order valence-electron chi connectivity index (χ4n) is 1.07. The standard InChI is InChI=1S/C8H19O2PS/c1-3-5-6-8(4-2)7-12-11(9)10/h8-10H,3-7H2,1-2H3. The molecule has 0 aliphatic rings. The van der Waals surface area contributed by atoms with E-state index in [-0.39, 0.29) is 0 Å². The van der Waals surface area contributed by atoms with Crippen LogP contribution in [0, 0.1) is 5.92 Å². The minimum Gasteiger partial charge on any atom is -0.342 e. The van der Waals surface area contributed by atoms with E-state index >= 15 is 0 Å². The van der Waals surface area contributed by atoms with Crippen molar-refractivity contribution in [3.63, 3.8) is 0 Å². The minimum absolute atomic E-state index is 0.666. The fraction of sp³-hybridized carbons (Fsp3) is 1.00. The van der Waals surface area contributed by atoms with Gasteiger partial charge in [-0.2, -0.15) is 0 Å². The van der Waals surface area contributed by atoms with Crippen LogP contribution in [-0.2, 0) is 0 Å². The minimum atomic E-state index is -1.74. The molecule has 0 heterocycles. The lowest BCUT2D eigenvalue weighted by molar-refractivity contribution is 0.494. The maximum atomic E-state index is 8.71. The van der Waals surface area contributed by atoms with E-state index in [1.165, 1.54) is 30.6 Å². The second kappa shape index (κ2) is 8.31. The molecule has 2 nitrogen and oxygen atoms in total. The molecule has 74 valence electrons. The van der Waals surface area contributed by atoms with Crippen molar-refractivity contribution >= 4 is 19.0 Å². The number of hydrogen-bond donors (Lipinski definition) is 2. The summed E-state index contributed by atoms with van der Waals surface area (Å²) in [5.41, 5.74) is 0. The molecule has 1 atom stereocenters. The second-order valence-corrected chi connectivity index (χ2v) is 5.82. The molecular formula is C8H19O2PS. The van der Waals surface area contributed by atoms with Crippen LogP contribution in [0.15, 0.2) is 0 Å². The van der Waals surface area contributed by atoms with Crippen molar-refractivity contribution in [2.75, 3.05) is 5.75 Å². The Morgan fingerprint density at radius 2 is 2.00 bits per heavy atom. The molecule has 0 radical (unpaired) electrons. The van der Waals surface area contributed by atoms with Gasteiger partial charge in [0.1, 0.15) is 0 Å². The van der Waals surface area contributed by atoms with Gasteiger partial charge >= 0.3 is 0 Å². The van der Waals surface area contributed by atoms with Crippen molar-refractivity contribution in [3.05, 3.63) is 0 Å². The first-order chi connectivity index (χ1) is 5.70. The molecule has 0 saturated carbocycles. The van der Waals surface area contributed by atoms with Crippen LogP contribution in [0.25, 0.3) is 0 Å². The molecule has 0 aromatic heterocycles. The van der Waals surface area contributed by atoms with Gasteiger partial charge in [-0.1, -0.05) is 44.5 Å². The van der Waals surface area contributed by atoms with Crippen molar-refractivity contribution in [3.8, 4) is 0 Å². The van der Waals surface area contributed by atoms with Crippen LogP contribution in [-0.4, -0.2) is 15.5 Å². The highest BCUT2D eigenvalue weighted by Gasteiger charge is 2.08. The van der Waals surface area contributed by atoms with Crippen molar-refractivity contribution in [2.45, 2.75) is 39.5 Å². The molecule has 0 amide bonds. The quantitative estimate of drug-likeness (QED) is 0.634. The largest absolute Gasteiger partial charge is 0.342 e. The van der Waals surface area contributed by atoms with Crippen LogP contribution in [0.5, 0.6) is 0 Å². The van der Waals surface area contributed by atoms with Crippen molar-refractivity contribution in [1.29, 1.82) is 0 Å². The molecule has 12 heavy (non-hydrogen) atoms. The summed E-state index contributed by atoms with van der Waals surface area (Å²) in [5, 5.41) is 0. The summed E-state index contributed by atoms with van der Waals surface area (Å²) in [6.45, 7) is 4.35. The first kappa shape index (κ1) is 12.7. The summed E-state index contributed by atoms with van der Waals surface area (Å²) in [5.74, 6) is 1.56. The summed E-state index contributed by atoms with van der Waals surface area (Å²) in [4.78, 5) is 17.4. The molecule has 0 aliphatic carbocycles. The fourth-order valence-corrected chi connectivity index (χ4v) is 2.85. The van der Waals surface area contributed by atoms with Crippen LogP contribution >= 0.6 is 19.0 Å². The molecule has 0 aromatic rings. The topological polar surface area (TPSA) is 40.5 Å². The maximum absolute atomic E-state index is 8.71. The molecule has 0 aliphatic heterocycles. The van der Waals surface area contributed by atoms with Gasteiger partial charge < -0.3 is 9.79 Å². The zero-order valence-corrected chi connectivity index (χ0v) is 9.57. The molecular weight excluding hydrogens is 191 g/mol. The zero-order chi connectivity index (χ0) is 9.40. The lowest BCUT2D eigenvalue weighted by Crippen LogP contribution is -2.01. The number of unbranched alkanes of at least 4 members (excludes halogenated alkanes) is 1. The molecule has 1 unspecified atom stereocenters. The van der Waals surface area contributed by atoms with Gasteiger partial charge in [0.25, 0.3) is 0 Å². The first-order valence-electron chi connectivity index (χ1n) is 4.51. The summed E-state index contributed by atoms with van der Waals surface area (Å²) in [6, 6.07) is 0. The Bertz CT molecular complexity index is 101. The SMILES string of the molecule is CCCCC(CC)CSP(O)O. The van der Waals surface area contributed by atoms with Crippen molar-refractivity contribution in [2.24, 2.45) is 5.92 Å². The van der Waals surface area contributed by atoms with Gasteiger partial charge in [0.15, 0.2) is 0 Å². The third-order valence-corrected chi connectivity index (χ3v) is 3.96. The predicted molar refractivity (Wildman–Crippen MR) is 57.1 cm³/mol. The van der Waals surface area contributed by atoms with E-state index in [1.807, 2.05) is 0 Å². The van der Waals surface area contributed by atoms with Gasteiger partial charge in [-0.25, -0.2) is 0 Å². The van der Waals surface area contributed by atoms with E-state index in [0.717, 1.165) is 12.2 Å². The van der Waals surface area contributed by atoms with Gasteiger partial charge in [-0.05, 0) is 12.3 Å². The predicted octanol–water partition coefficient (Wildman–Crippen LogP) is 3.15. The smallest absolute Gasteiger partial charge is 0.232 e. The van der Waals surface area contributed by atoms with E-state index in [4.69, 9.17) is 9.79 Å². The van der Waals surface area contributed by atoms with E-state index in [0.29, 0.717) is 5.92 Å². The summed E-state index contributed by atoms with van der Waals surface area (Å²) >= 11 is 1.29. The van der Waals surface area contributed by atoms with Crippen LogP contribution in [0.4, 0.5) is 0 Å². The monoisotopic (exact) mass is 210 g/mol. The molecule has 2 N–H and O–H groups in total. The lowest BCUT2D eigenvalue weighted by atomic mass is 10.0. The Morgan fingerprint density at radius 1 is 1.33 bits per heavy atom. The molecule has 0 spiro atoms. The average Bonchev–Trinajstić information content (AvgIpc) is 2.05. The summed E-state index contributed by atoms with van der Waals surface area (Å²) in [6.07, 6.45) is 4.86. The highest BCUT2D eigenvalue weighted by molar-refractivity contribution is 8.52. The van der Waals surface area contributed by atoms with E-state index < -0.39 is 7.58 Å². The van der Waals surface area contributed by atoms with Crippen LogP contribution in [0.3, 0.4) is 0 Å². The Morgan fingerprint density at radius 3 is 2.42 bits per heavy atom. The van der Waals surface area contributed by atoms with E-state index in [2.05, 4.69) is 13.8 Å². The highest BCUT2D eigenvalue weighted by Crippen LogP contribution is 2.42. The van der Waals surface area contributed by atoms with Gasteiger partial charge in [0.2, 0.25) is 7.58 Å². The van der Waals surface area contributed by atoms with Gasteiger partial charge in [0.05, 0.1) is 0 Å². The normalized spacial score (nSPS) is 13.8. The summed E-state index contributed by atoms with van der Waals surface area (Å²) in [7, 11) is -1.74. The number of hydrogen-bond acceptors (Lipinski definition) is 3. The molecule has 0 aromatic carbocycles. The molecule has 0 saturated heterocycles. The van der Waals surface area contributed by atoms with Crippen molar-refractivity contribution in [1.82, 2.24) is 0 Å². The van der Waals surface area contributed by atoms with Gasteiger partial charge in [-0.15, -0.1) is 0 Å². The molecule has 0 fully saturated rings. The zero-order valence-electron chi connectivity index (χ0n) is 7.86. The van der Waals surface area contributed by atoms with Gasteiger partial charge in [-0.3, -0.25) is 0 Å². The van der Waals surface area contributed by atoms with Crippen LogP contribution in [0.2, 0.25) is 0 Å². The lowest BCUT2D eigenvalue weighted by Gasteiger charge is -2.13. The van der Waals surface area contributed by atoms with Crippen LogP contribution in [0.1, 0.15) is 39.5 Å². The van der Waals surface area contributed by atoms with Crippen LogP contribution < -0.4 is 0 Å². The Balaban J connectivity index is 3.39. The molecule has 0 bridgehead atoms. The van der Waals surface area contributed by atoms with E-state index in [1.54, 1.807) is 0 Å². The summed E-state index contributed by atoms with van der Waals surface area (Å²) < 4.78 is 0. The number of rotatable bonds is 7. The third kappa shape index (κ3) is 7.35. The molecule has 0 rings (SSSR count). The van der Waals surface area contributed by atoms with E-state index in [9.17, 15) is 0 Å². The Labute approximate surface area is 80.4 Å². The molecule has 4 heteroatoms. The average molecular weight is 210 g/mol. The Kier molecular flexibility index (Phi) is 8.79.